The predicted octanol–water partition coefficient (Wildman–Crippen LogP) is 5.24. The van der Waals surface area contributed by atoms with Gasteiger partial charge in [-0.2, -0.15) is 0 Å². The highest BCUT2D eigenvalue weighted by Gasteiger charge is 2.15. The van der Waals surface area contributed by atoms with Gasteiger partial charge >= 0.3 is 0 Å². The first kappa shape index (κ1) is 20.4. The van der Waals surface area contributed by atoms with E-state index in [1.807, 2.05) is 60.9 Å². The Hall–Kier alpha value is -2.38. The SMILES string of the molecule is C=CCn1c(SCC(=O)Nc2ccc(Br)c(C)c2C)nnc1-c1ccccc1. The van der Waals surface area contributed by atoms with Gasteiger partial charge in [-0.05, 0) is 37.1 Å². The normalized spacial score (nSPS) is 10.7. The lowest BCUT2D eigenvalue weighted by Crippen LogP contribution is -2.15. The molecule has 0 saturated heterocycles. The van der Waals surface area contributed by atoms with Gasteiger partial charge in [-0.1, -0.05) is 64.1 Å². The minimum atomic E-state index is -0.0794. The quantitative estimate of drug-likeness (QED) is 0.389. The van der Waals surface area contributed by atoms with Crippen LogP contribution in [0.4, 0.5) is 5.69 Å². The van der Waals surface area contributed by atoms with Crippen molar-refractivity contribution in [3.05, 3.63) is 70.7 Å². The van der Waals surface area contributed by atoms with Crippen LogP contribution in [0.5, 0.6) is 0 Å². The number of carbonyl (C=O) groups is 1. The Kier molecular flexibility index (Phi) is 6.70. The number of anilines is 1. The van der Waals surface area contributed by atoms with Gasteiger partial charge in [0.25, 0.3) is 0 Å². The number of nitrogens with zero attached hydrogens (tertiary/aromatic N) is 3. The molecule has 28 heavy (non-hydrogen) atoms. The van der Waals surface area contributed by atoms with Crippen molar-refractivity contribution in [3.63, 3.8) is 0 Å². The van der Waals surface area contributed by atoms with Crippen LogP contribution in [0.15, 0.2) is 64.7 Å². The fourth-order valence-electron chi connectivity index (χ4n) is 2.73. The van der Waals surface area contributed by atoms with E-state index in [1.54, 1.807) is 6.08 Å². The molecule has 0 unspecified atom stereocenters. The molecule has 1 amide bonds. The molecule has 144 valence electrons. The number of hydrogen-bond donors (Lipinski definition) is 1. The summed E-state index contributed by atoms with van der Waals surface area (Å²) in [6, 6.07) is 13.7. The maximum absolute atomic E-state index is 12.5. The lowest BCUT2D eigenvalue weighted by molar-refractivity contribution is -0.113. The molecule has 1 heterocycles. The van der Waals surface area contributed by atoms with Gasteiger partial charge in [0.15, 0.2) is 11.0 Å². The van der Waals surface area contributed by atoms with Crippen molar-refractivity contribution in [2.75, 3.05) is 11.1 Å². The zero-order chi connectivity index (χ0) is 20.1. The maximum atomic E-state index is 12.5. The third-order valence-electron chi connectivity index (χ3n) is 4.39. The van der Waals surface area contributed by atoms with Gasteiger partial charge in [0.05, 0.1) is 5.75 Å². The van der Waals surface area contributed by atoms with E-state index in [0.717, 1.165) is 32.7 Å². The maximum Gasteiger partial charge on any atom is 0.234 e. The van der Waals surface area contributed by atoms with E-state index in [4.69, 9.17) is 0 Å². The van der Waals surface area contributed by atoms with Crippen molar-refractivity contribution in [2.45, 2.75) is 25.5 Å². The molecule has 0 saturated carbocycles. The first-order chi connectivity index (χ1) is 13.5. The molecule has 0 bridgehead atoms. The van der Waals surface area contributed by atoms with Gasteiger partial charge in [0.1, 0.15) is 0 Å². The average Bonchev–Trinajstić information content (AvgIpc) is 3.10. The van der Waals surface area contributed by atoms with E-state index in [1.165, 1.54) is 11.8 Å². The van der Waals surface area contributed by atoms with Crippen LogP contribution < -0.4 is 5.32 Å². The molecule has 1 N–H and O–H groups in total. The topological polar surface area (TPSA) is 59.8 Å². The summed E-state index contributed by atoms with van der Waals surface area (Å²) in [6.45, 7) is 8.41. The number of aromatic nitrogens is 3. The molecule has 0 radical (unpaired) electrons. The number of amides is 1. The van der Waals surface area contributed by atoms with E-state index in [-0.39, 0.29) is 11.7 Å². The van der Waals surface area contributed by atoms with E-state index in [2.05, 4.69) is 38.0 Å². The molecule has 0 atom stereocenters. The van der Waals surface area contributed by atoms with Crippen molar-refractivity contribution in [1.82, 2.24) is 14.8 Å². The van der Waals surface area contributed by atoms with Crippen LogP contribution in [0.1, 0.15) is 11.1 Å². The number of thioether (sulfide) groups is 1. The van der Waals surface area contributed by atoms with Crippen molar-refractivity contribution in [3.8, 4) is 11.4 Å². The molecule has 0 spiro atoms. The highest BCUT2D eigenvalue weighted by atomic mass is 79.9. The minimum absolute atomic E-state index is 0.0794. The molecule has 5 nitrogen and oxygen atoms in total. The summed E-state index contributed by atoms with van der Waals surface area (Å²) in [7, 11) is 0. The van der Waals surface area contributed by atoms with Crippen LogP contribution in [-0.4, -0.2) is 26.4 Å². The Morgan fingerprint density at radius 1 is 1.18 bits per heavy atom. The summed E-state index contributed by atoms with van der Waals surface area (Å²) >= 11 is 4.87. The first-order valence-electron chi connectivity index (χ1n) is 8.79. The van der Waals surface area contributed by atoms with Crippen LogP contribution in [0.25, 0.3) is 11.4 Å². The largest absolute Gasteiger partial charge is 0.325 e. The third kappa shape index (κ3) is 4.54. The second kappa shape index (κ2) is 9.21. The highest BCUT2D eigenvalue weighted by molar-refractivity contribution is 9.10. The monoisotopic (exact) mass is 456 g/mol. The summed E-state index contributed by atoms with van der Waals surface area (Å²) in [5.41, 5.74) is 3.97. The molecular weight excluding hydrogens is 436 g/mol. The number of benzene rings is 2. The van der Waals surface area contributed by atoms with Crippen molar-refractivity contribution >= 4 is 39.3 Å². The summed E-state index contributed by atoms with van der Waals surface area (Å²) in [5, 5.41) is 12.3. The van der Waals surface area contributed by atoms with E-state index in [9.17, 15) is 4.79 Å². The molecule has 0 aliphatic rings. The lowest BCUT2D eigenvalue weighted by atomic mass is 10.1. The summed E-state index contributed by atoms with van der Waals surface area (Å²) in [4.78, 5) is 12.5. The van der Waals surface area contributed by atoms with Crippen molar-refractivity contribution < 1.29 is 4.79 Å². The summed E-state index contributed by atoms with van der Waals surface area (Å²) in [5.74, 6) is 0.936. The van der Waals surface area contributed by atoms with E-state index >= 15 is 0 Å². The molecule has 2 aromatic carbocycles. The number of carbonyl (C=O) groups excluding carboxylic acids is 1. The molecule has 3 rings (SSSR count). The number of rotatable bonds is 7. The molecule has 0 aliphatic carbocycles. The number of nitrogens with one attached hydrogen (secondary N) is 1. The van der Waals surface area contributed by atoms with Crippen LogP contribution >= 0.6 is 27.7 Å². The van der Waals surface area contributed by atoms with Crippen LogP contribution in [-0.2, 0) is 11.3 Å². The number of allylic oxidation sites excluding steroid dienone is 1. The molecule has 0 aliphatic heterocycles. The van der Waals surface area contributed by atoms with Gasteiger partial charge < -0.3 is 5.32 Å². The molecule has 3 aromatic rings. The zero-order valence-electron chi connectivity index (χ0n) is 15.8. The molecule has 7 heteroatoms. The van der Waals surface area contributed by atoms with Gasteiger partial charge in [-0.15, -0.1) is 16.8 Å². The Morgan fingerprint density at radius 2 is 1.93 bits per heavy atom. The second-order valence-corrected chi connectivity index (χ2v) is 8.05. The Morgan fingerprint density at radius 3 is 2.64 bits per heavy atom. The average molecular weight is 457 g/mol. The first-order valence-corrected chi connectivity index (χ1v) is 10.6. The van der Waals surface area contributed by atoms with Crippen LogP contribution in [0.2, 0.25) is 0 Å². The Balaban J connectivity index is 1.72. The smallest absolute Gasteiger partial charge is 0.234 e. The lowest BCUT2D eigenvalue weighted by Gasteiger charge is -2.12. The fraction of sp³-hybridized carbons (Fsp3) is 0.190. The fourth-order valence-corrected chi connectivity index (χ4v) is 3.91. The zero-order valence-corrected chi connectivity index (χ0v) is 18.2. The van der Waals surface area contributed by atoms with Crippen LogP contribution in [0, 0.1) is 13.8 Å². The van der Waals surface area contributed by atoms with Crippen LogP contribution in [0.3, 0.4) is 0 Å². The molecular formula is C21H21BrN4OS. The van der Waals surface area contributed by atoms with Gasteiger partial charge in [0, 0.05) is 22.3 Å². The van der Waals surface area contributed by atoms with E-state index < -0.39 is 0 Å². The predicted molar refractivity (Wildman–Crippen MR) is 119 cm³/mol. The number of halogens is 1. The third-order valence-corrected chi connectivity index (χ3v) is 6.21. The molecule has 0 fully saturated rings. The van der Waals surface area contributed by atoms with Crippen molar-refractivity contribution in [1.29, 1.82) is 0 Å². The Labute approximate surface area is 177 Å². The summed E-state index contributed by atoms with van der Waals surface area (Å²) in [6.07, 6.45) is 1.80. The second-order valence-electron chi connectivity index (χ2n) is 6.25. The standard InChI is InChI=1S/C21H21BrN4OS/c1-4-12-26-20(16-8-6-5-7-9-16)24-25-21(26)28-13-19(27)23-18-11-10-17(22)14(2)15(18)3/h4-11H,1,12-13H2,2-3H3,(H,23,27). The summed E-state index contributed by atoms with van der Waals surface area (Å²) < 4.78 is 3.00. The van der Waals surface area contributed by atoms with E-state index in [0.29, 0.717) is 11.7 Å². The number of hydrogen-bond acceptors (Lipinski definition) is 4. The molecule has 1 aromatic heterocycles. The Bertz CT molecular complexity index is 1000. The van der Waals surface area contributed by atoms with Gasteiger partial charge in [-0.25, -0.2) is 0 Å². The minimum Gasteiger partial charge on any atom is -0.325 e. The van der Waals surface area contributed by atoms with Gasteiger partial charge in [-0.3, -0.25) is 9.36 Å². The van der Waals surface area contributed by atoms with Gasteiger partial charge in [0.2, 0.25) is 5.91 Å². The highest BCUT2D eigenvalue weighted by Crippen LogP contribution is 2.27. The van der Waals surface area contributed by atoms with Crippen molar-refractivity contribution in [2.24, 2.45) is 0 Å².